The number of halogens is 1. The molecule has 3 rings (SSSR count). The Morgan fingerprint density at radius 2 is 2.22 bits per heavy atom. The lowest BCUT2D eigenvalue weighted by molar-refractivity contribution is -0.605. The van der Waals surface area contributed by atoms with Crippen LogP contribution in [0.2, 0.25) is 5.02 Å². The largest absolute Gasteiger partial charge is 0.619 e. The van der Waals surface area contributed by atoms with E-state index < -0.39 is 0 Å². The fraction of sp³-hybridized carbons (Fsp3) is 0.333. The standard InChI is InChI=1S/C15H15ClN4O3/c16-12-7-17-15(18-8-12)23-13-4-2-5-19(10-13)14(21)11-3-1-6-20(22)9-11/h1,3,6-9,13H,2,4-5,10H2. The van der Waals surface area contributed by atoms with E-state index in [1.54, 1.807) is 17.0 Å². The first-order valence-corrected chi connectivity index (χ1v) is 7.62. The second-order valence-electron chi connectivity index (χ2n) is 5.27. The number of amides is 1. The fourth-order valence-corrected chi connectivity index (χ4v) is 2.59. The van der Waals surface area contributed by atoms with Crippen LogP contribution in [0.25, 0.3) is 0 Å². The molecule has 2 aromatic rings. The normalized spacial score (nSPS) is 17.8. The molecule has 0 bridgehead atoms. The Morgan fingerprint density at radius 3 is 2.96 bits per heavy atom. The van der Waals surface area contributed by atoms with Gasteiger partial charge in [-0.1, -0.05) is 11.6 Å². The Kier molecular flexibility index (Phi) is 4.57. The zero-order chi connectivity index (χ0) is 16.2. The van der Waals surface area contributed by atoms with E-state index in [1.165, 1.54) is 24.8 Å². The van der Waals surface area contributed by atoms with Crippen LogP contribution < -0.4 is 9.47 Å². The number of hydrogen-bond acceptors (Lipinski definition) is 5. The van der Waals surface area contributed by atoms with Gasteiger partial charge < -0.3 is 14.8 Å². The monoisotopic (exact) mass is 334 g/mol. The van der Waals surface area contributed by atoms with Gasteiger partial charge in [-0.25, -0.2) is 9.97 Å². The smallest absolute Gasteiger partial charge is 0.316 e. The predicted octanol–water partition coefficient (Wildman–Crippen LogP) is 1.45. The summed E-state index contributed by atoms with van der Waals surface area (Å²) in [5, 5.41) is 11.7. The highest BCUT2D eigenvalue weighted by Gasteiger charge is 2.27. The molecule has 1 unspecified atom stereocenters. The van der Waals surface area contributed by atoms with Gasteiger partial charge in [-0.2, -0.15) is 4.73 Å². The highest BCUT2D eigenvalue weighted by atomic mass is 35.5. The van der Waals surface area contributed by atoms with Crippen molar-refractivity contribution in [2.45, 2.75) is 18.9 Å². The molecular formula is C15H15ClN4O3. The number of likely N-dealkylation sites (tertiary alicyclic amines) is 1. The van der Waals surface area contributed by atoms with Crippen LogP contribution in [0.1, 0.15) is 23.2 Å². The van der Waals surface area contributed by atoms with E-state index in [9.17, 15) is 10.0 Å². The van der Waals surface area contributed by atoms with Gasteiger partial charge in [0.25, 0.3) is 5.91 Å². The molecular weight excluding hydrogens is 320 g/mol. The van der Waals surface area contributed by atoms with Crippen molar-refractivity contribution in [1.82, 2.24) is 14.9 Å². The summed E-state index contributed by atoms with van der Waals surface area (Å²) in [6.07, 6.45) is 6.99. The van der Waals surface area contributed by atoms with Crippen molar-refractivity contribution in [3.8, 4) is 6.01 Å². The second-order valence-corrected chi connectivity index (χ2v) is 5.71. The number of rotatable bonds is 3. The number of piperidine rings is 1. The van der Waals surface area contributed by atoms with E-state index in [0.29, 0.717) is 28.4 Å². The van der Waals surface area contributed by atoms with Crippen molar-refractivity contribution in [3.05, 3.63) is 52.7 Å². The number of nitrogens with zero attached hydrogens (tertiary/aromatic N) is 4. The van der Waals surface area contributed by atoms with E-state index >= 15 is 0 Å². The van der Waals surface area contributed by atoms with Crippen LogP contribution in [-0.4, -0.2) is 40.0 Å². The van der Waals surface area contributed by atoms with Crippen molar-refractivity contribution >= 4 is 17.5 Å². The van der Waals surface area contributed by atoms with E-state index in [0.717, 1.165) is 12.8 Å². The van der Waals surface area contributed by atoms with Gasteiger partial charge in [0.2, 0.25) is 0 Å². The van der Waals surface area contributed by atoms with Crippen molar-refractivity contribution in [2.24, 2.45) is 0 Å². The maximum Gasteiger partial charge on any atom is 0.316 e. The molecule has 1 aliphatic heterocycles. The zero-order valence-corrected chi connectivity index (χ0v) is 13.0. The number of pyridine rings is 1. The van der Waals surface area contributed by atoms with Crippen molar-refractivity contribution in [2.75, 3.05) is 13.1 Å². The molecule has 0 saturated carbocycles. The Bertz CT molecular complexity index is 695. The van der Waals surface area contributed by atoms with E-state index in [4.69, 9.17) is 16.3 Å². The van der Waals surface area contributed by atoms with Crippen LogP contribution in [0.4, 0.5) is 0 Å². The van der Waals surface area contributed by atoms with Crippen molar-refractivity contribution in [1.29, 1.82) is 0 Å². The molecule has 2 aromatic heterocycles. The molecule has 0 aromatic carbocycles. The van der Waals surface area contributed by atoms with E-state index in [2.05, 4.69) is 9.97 Å². The van der Waals surface area contributed by atoms with Crippen LogP contribution in [0.15, 0.2) is 36.9 Å². The molecule has 0 N–H and O–H groups in total. The van der Waals surface area contributed by atoms with Gasteiger partial charge in [0.15, 0.2) is 12.4 Å². The highest BCUT2D eigenvalue weighted by molar-refractivity contribution is 6.30. The third-order valence-electron chi connectivity index (χ3n) is 3.56. The summed E-state index contributed by atoms with van der Waals surface area (Å²) in [4.78, 5) is 22.1. The third-order valence-corrected chi connectivity index (χ3v) is 3.75. The van der Waals surface area contributed by atoms with Crippen LogP contribution in [0.3, 0.4) is 0 Å². The van der Waals surface area contributed by atoms with E-state index in [-0.39, 0.29) is 18.0 Å². The summed E-state index contributed by atoms with van der Waals surface area (Å²) >= 11 is 5.74. The SMILES string of the molecule is O=C(c1ccc[n+]([O-])c1)N1CCCC(Oc2ncc(Cl)cn2)C1. The van der Waals surface area contributed by atoms with Gasteiger partial charge in [0, 0.05) is 12.6 Å². The fourth-order valence-electron chi connectivity index (χ4n) is 2.49. The van der Waals surface area contributed by atoms with Gasteiger partial charge in [0.1, 0.15) is 11.7 Å². The molecule has 1 aliphatic rings. The minimum absolute atomic E-state index is 0.180. The number of ether oxygens (including phenoxy) is 1. The summed E-state index contributed by atoms with van der Waals surface area (Å²) in [5.74, 6) is -0.180. The summed E-state index contributed by atoms with van der Waals surface area (Å²) in [6, 6.07) is 3.43. The first-order chi connectivity index (χ1) is 11.1. The molecule has 0 spiro atoms. The van der Waals surface area contributed by atoms with Gasteiger partial charge >= 0.3 is 6.01 Å². The molecule has 1 saturated heterocycles. The molecule has 23 heavy (non-hydrogen) atoms. The quantitative estimate of drug-likeness (QED) is 0.626. The van der Waals surface area contributed by atoms with Crippen LogP contribution in [0.5, 0.6) is 6.01 Å². The Morgan fingerprint density at radius 1 is 1.43 bits per heavy atom. The lowest BCUT2D eigenvalue weighted by Gasteiger charge is -2.32. The Hall–Kier alpha value is -2.41. The Labute approximate surface area is 138 Å². The molecule has 8 heteroatoms. The first kappa shape index (κ1) is 15.5. The number of hydrogen-bond donors (Lipinski definition) is 0. The summed E-state index contributed by atoms with van der Waals surface area (Å²) < 4.78 is 6.33. The molecule has 0 radical (unpaired) electrons. The molecule has 7 nitrogen and oxygen atoms in total. The third kappa shape index (κ3) is 3.87. The molecule has 3 heterocycles. The maximum absolute atomic E-state index is 12.5. The van der Waals surface area contributed by atoms with Gasteiger partial charge in [-0.15, -0.1) is 0 Å². The summed E-state index contributed by atoms with van der Waals surface area (Å²) in [5.41, 5.74) is 0.367. The maximum atomic E-state index is 12.5. The molecule has 0 aliphatic carbocycles. The Balaban J connectivity index is 1.66. The zero-order valence-electron chi connectivity index (χ0n) is 12.3. The average Bonchev–Trinajstić information content (AvgIpc) is 2.56. The van der Waals surface area contributed by atoms with Gasteiger partial charge in [-0.3, -0.25) is 4.79 Å². The van der Waals surface area contributed by atoms with Gasteiger partial charge in [-0.05, 0) is 18.9 Å². The molecule has 1 fully saturated rings. The number of aromatic nitrogens is 3. The lowest BCUT2D eigenvalue weighted by atomic mass is 10.1. The minimum Gasteiger partial charge on any atom is -0.619 e. The van der Waals surface area contributed by atoms with Crippen molar-refractivity contribution in [3.63, 3.8) is 0 Å². The molecule has 120 valence electrons. The average molecular weight is 335 g/mol. The van der Waals surface area contributed by atoms with E-state index in [1.807, 2.05) is 0 Å². The number of carbonyl (C=O) groups is 1. The van der Waals surface area contributed by atoms with Crippen LogP contribution in [-0.2, 0) is 0 Å². The van der Waals surface area contributed by atoms with Gasteiger partial charge in [0.05, 0.1) is 24.0 Å². The topological polar surface area (TPSA) is 82.3 Å². The minimum atomic E-state index is -0.183. The summed E-state index contributed by atoms with van der Waals surface area (Å²) in [7, 11) is 0. The lowest BCUT2D eigenvalue weighted by Crippen LogP contribution is -2.45. The second kappa shape index (κ2) is 6.78. The number of carbonyl (C=O) groups excluding carboxylic acids is 1. The predicted molar refractivity (Wildman–Crippen MR) is 82.0 cm³/mol. The van der Waals surface area contributed by atoms with Crippen LogP contribution in [0, 0.1) is 5.21 Å². The van der Waals surface area contributed by atoms with Crippen LogP contribution >= 0.6 is 11.6 Å². The molecule has 1 atom stereocenters. The molecule has 1 amide bonds. The van der Waals surface area contributed by atoms with Crippen molar-refractivity contribution < 1.29 is 14.3 Å². The first-order valence-electron chi connectivity index (χ1n) is 7.24. The highest BCUT2D eigenvalue weighted by Crippen LogP contribution is 2.17. The summed E-state index contributed by atoms with van der Waals surface area (Å²) in [6.45, 7) is 1.06.